The third kappa shape index (κ3) is 4.93. The number of sulfonamides is 1. The second kappa shape index (κ2) is 8.47. The molecule has 3 rings (SSSR count). The minimum Gasteiger partial charge on any atom is -0.352 e. The van der Waals surface area contributed by atoms with Gasteiger partial charge in [-0.1, -0.05) is 61.4 Å². The van der Waals surface area contributed by atoms with Gasteiger partial charge in [-0.05, 0) is 37.0 Å². The standard InChI is InChI=1S/C20H24N2O3S/c23-20(21-17-11-7-8-12-17)19(15-16-9-3-1-4-10-16)22-26(24,25)18-13-5-2-6-14-18/h1-6,9-10,13-14,17,19,22H,7-8,11-12,15H2,(H,21,23)/t19-/m1/s1. The molecule has 6 heteroatoms. The summed E-state index contributed by atoms with van der Waals surface area (Å²) >= 11 is 0. The van der Waals surface area contributed by atoms with Gasteiger partial charge in [-0.15, -0.1) is 0 Å². The summed E-state index contributed by atoms with van der Waals surface area (Å²) in [6, 6.07) is 16.9. The Kier molecular flexibility index (Phi) is 6.06. The number of carbonyl (C=O) groups is 1. The lowest BCUT2D eigenvalue weighted by Gasteiger charge is -2.21. The highest BCUT2D eigenvalue weighted by atomic mass is 32.2. The maximum atomic E-state index is 12.8. The van der Waals surface area contributed by atoms with Gasteiger partial charge in [0.2, 0.25) is 15.9 Å². The molecule has 0 aromatic heterocycles. The first-order valence-corrected chi connectivity index (χ1v) is 10.4. The maximum Gasteiger partial charge on any atom is 0.241 e. The van der Waals surface area contributed by atoms with Crippen molar-refractivity contribution >= 4 is 15.9 Å². The zero-order valence-electron chi connectivity index (χ0n) is 14.6. The highest BCUT2D eigenvalue weighted by Gasteiger charge is 2.28. The third-order valence-electron chi connectivity index (χ3n) is 4.65. The van der Waals surface area contributed by atoms with Crippen molar-refractivity contribution in [2.75, 3.05) is 0 Å². The summed E-state index contributed by atoms with van der Waals surface area (Å²) < 4.78 is 28.0. The van der Waals surface area contributed by atoms with Gasteiger partial charge in [0.15, 0.2) is 0 Å². The number of hydrogen-bond acceptors (Lipinski definition) is 3. The van der Waals surface area contributed by atoms with Crippen LogP contribution in [0.2, 0.25) is 0 Å². The van der Waals surface area contributed by atoms with E-state index in [-0.39, 0.29) is 16.8 Å². The first-order valence-electron chi connectivity index (χ1n) is 8.96. The van der Waals surface area contributed by atoms with Crippen LogP contribution < -0.4 is 10.0 Å². The van der Waals surface area contributed by atoms with Crippen LogP contribution in [0.4, 0.5) is 0 Å². The summed E-state index contributed by atoms with van der Waals surface area (Å²) in [5, 5.41) is 3.01. The van der Waals surface area contributed by atoms with Gasteiger partial charge >= 0.3 is 0 Å². The van der Waals surface area contributed by atoms with E-state index < -0.39 is 16.1 Å². The van der Waals surface area contributed by atoms with Crippen LogP contribution in [0.3, 0.4) is 0 Å². The van der Waals surface area contributed by atoms with Gasteiger partial charge in [-0.25, -0.2) is 8.42 Å². The summed E-state index contributed by atoms with van der Waals surface area (Å²) in [5.41, 5.74) is 0.912. The molecule has 1 fully saturated rings. The molecule has 0 radical (unpaired) electrons. The maximum absolute atomic E-state index is 12.8. The molecule has 2 N–H and O–H groups in total. The molecule has 0 bridgehead atoms. The van der Waals surface area contributed by atoms with E-state index in [4.69, 9.17) is 0 Å². The van der Waals surface area contributed by atoms with Crippen LogP contribution in [0, 0.1) is 0 Å². The van der Waals surface area contributed by atoms with Gasteiger partial charge in [0.25, 0.3) is 0 Å². The van der Waals surface area contributed by atoms with Crippen LogP contribution in [-0.4, -0.2) is 26.4 Å². The summed E-state index contributed by atoms with van der Waals surface area (Å²) in [6.45, 7) is 0. The molecule has 0 aliphatic heterocycles. The zero-order valence-corrected chi connectivity index (χ0v) is 15.4. The van der Waals surface area contributed by atoms with Crippen molar-refractivity contribution in [1.82, 2.24) is 10.0 Å². The Morgan fingerprint density at radius 2 is 1.54 bits per heavy atom. The van der Waals surface area contributed by atoms with E-state index in [9.17, 15) is 13.2 Å². The Bertz CT molecular complexity index is 817. The molecule has 1 atom stereocenters. The van der Waals surface area contributed by atoms with Crippen molar-refractivity contribution in [2.24, 2.45) is 0 Å². The predicted octanol–water partition coefficient (Wildman–Crippen LogP) is 2.64. The second-order valence-electron chi connectivity index (χ2n) is 6.67. The lowest BCUT2D eigenvalue weighted by atomic mass is 10.1. The molecule has 5 nitrogen and oxygen atoms in total. The molecule has 0 saturated heterocycles. The normalized spacial score (nSPS) is 16.3. The second-order valence-corrected chi connectivity index (χ2v) is 8.38. The average molecular weight is 372 g/mol. The van der Waals surface area contributed by atoms with Crippen LogP contribution in [0.25, 0.3) is 0 Å². The van der Waals surface area contributed by atoms with Crippen molar-refractivity contribution in [3.8, 4) is 0 Å². The summed E-state index contributed by atoms with van der Waals surface area (Å²) in [7, 11) is -3.77. The fraction of sp³-hybridized carbons (Fsp3) is 0.350. The Hall–Kier alpha value is -2.18. The minimum atomic E-state index is -3.77. The van der Waals surface area contributed by atoms with Gasteiger partial charge in [-0.2, -0.15) is 4.72 Å². The number of nitrogens with one attached hydrogen (secondary N) is 2. The third-order valence-corrected chi connectivity index (χ3v) is 6.14. The average Bonchev–Trinajstić information content (AvgIpc) is 3.15. The molecular formula is C20H24N2O3S. The number of benzene rings is 2. The monoisotopic (exact) mass is 372 g/mol. The molecule has 1 amide bonds. The fourth-order valence-electron chi connectivity index (χ4n) is 3.26. The van der Waals surface area contributed by atoms with E-state index in [0.29, 0.717) is 6.42 Å². The first-order chi connectivity index (χ1) is 12.5. The number of amides is 1. The smallest absolute Gasteiger partial charge is 0.241 e. The van der Waals surface area contributed by atoms with Crippen molar-refractivity contribution in [2.45, 2.75) is 49.1 Å². The van der Waals surface area contributed by atoms with E-state index >= 15 is 0 Å². The number of carbonyl (C=O) groups excluding carboxylic acids is 1. The van der Waals surface area contributed by atoms with Crippen molar-refractivity contribution in [3.63, 3.8) is 0 Å². The molecular weight excluding hydrogens is 348 g/mol. The van der Waals surface area contributed by atoms with E-state index in [1.165, 1.54) is 12.1 Å². The summed E-state index contributed by atoms with van der Waals surface area (Å²) in [4.78, 5) is 12.9. The van der Waals surface area contributed by atoms with E-state index in [0.717, 1.165) is 31.2 Å². The zero-order chi connectivity index (χ0) is 18.4. The van der Waals surface area contributed by atoms with Gasteiger partial charge < -0.3 is 5.32 Å². The summed E-state index contributed by atoms with van der Waals surface area (Å²) in [5.74, 6) is -0.264. The largest absolute Gasteiger partial charge is 0.352 e. The molecule has 0 spiro atoms. The molecule has 138 valence electrons. The number of hydrogen-bond donors (Lipinski definition) is 2. The van der Waals surface area contributed by atoms with Crippen LogP contribution in [-0.2, 0) is 21.2 Å². The Labute approximate surface area is 154 Å². The van der Waals surface area contributed by atoms with E-state index in [1.807, 2.05) is 30.3 Å². The Balaban J connectivity index is 1.78. The summed E-state index contributed by atoms with van der Waals surface area (Å²) in [6.07, 6.45) is 4.42. The van der Waals surface area contributed by atoms with Crippen molar-refractivity contribution in [1.29, 1.82) is 0 Å². The molecule has 1 aliphatic carbocycles. The molecule has 2 aromatic rings. The molecule has 1 saturated carbocycles. The van der Waals surface area contributed by atoms with Crippen LogP contribution in [0.1, 0.15) is 31.2 Å². The Morgan fingerprint density at radius 1 is 0.962 bits per heavy atom. The lowest BCUT2D eigenvalue weighted by Crippen LogP contribution is -2.50. The van der Waals surface area contributed by atoms with Gasteiger partial charge in [-0.3, -0.25) is 4.79 Å². The predicted molar refractivity (Wildman–Crippen MR) is 101 cm³/mol. The lowest BCUT2D eigenvalue weighted by molar-refractivity contribution is -0.123. The SMILES string of the molecule is O=C(NC1CCCC1)[C@@H](Cc1ccccc1)NS(=O)(=O)c1ccccc1. The van der Waals surface area contributed by atoms with Gasteiger partial charge in [0.1, 0.15) is 6.04 Å². The van der Waals surface area contributed by atoms with Gasteiger partial charge in [0.05, 0.1) is 4.90 Å². The fourth-order valence-corrected chi connectivity index (χ4v) is 4.48. The molecule has 0 heterocycles. The van der Waals surface area contributed by atoms with E-state index in [1.54, 1.807) is 18.2 Å². The van der Waals surface area contributed by atoms with Crippen molar-refractivity contribution < 1.29 is 13.2 Å². The molecule has 0 unspecified atom stereocenters. The first kappa shape index (κ1) is 18.6. The quantitative estimate of drug-likeness (QED) is 0.785. The Morgan fingerprint density at radius 3 is 2.15 bits per heavy atom. The van der Waals surface area contributed by atoms with E-state index in [2.05, 4.69) is 10.0 Å². The van der Waals surface area contributed by atoms with Crippen LogP contribution in [0.15, 0.2) is 65.6 Å². The van der Waals surface area contributed by atoms with Gasteiger partial charge in [0, 0.05) is 6.04 Å². The topological polar surface area (TPSA) is 75.3 Å². The minimum absolute atomic E-state index is 0.141. The van der Waals surface area contributed by atoms with Crippen LogP contribution >= 0.6 is 0 Å². The van der Waals surface area contributed by atoms with Crippen LogP contribution in [0.5, 0.6) is 0 Å². The molecule has 2 aromatic carbocycles. The molecule has 26 heavy (non-hydrogen) atoms. The highest BCUT2D eigenvalue weighted by molar-refractivity contribution is 7.89. The highest BCUT2D eigenvalue weighted by Crippen LogP contribution is 2.18. The number of rotatable bonds is 7. The molecule has 1 aliphatic rings. The van der Waals surface area contributed by atoms with Crippen molar-refractivity contribution in [3.05, 3.63) is 66.2 Å².